The standard InChI is InChI=1S/C14H14INO/c1-17-14-4-2-3-13(9-14)16-10-11-5-7-12(15)8-6-11/h2-9,16H,10H2,1H3. The molecule has 0 aromatic heterocycles. The monoisotopic (exact) mass is 339 g/mol. The highest BCUT2D eigenvalue weighted by molar-refractivity contribution is 14.1. The summed E-state index contributed by atoms with van der Waals surface area (Å²) in [6, 6.07) is 16.4. The zero-order chi connectivity index (χ0) is 12.1. The van der Waals surface area contributed by atoms with Crippen LogP contribution in [0.1, 0.15) is 5.56 Å². The number of rotatable bonds is 4. The van der Waals surface area contributed by atoms with E-state index in [9.17, 15) is 0 Å². The van der Waals surface area contributed by atoms with Crippen LogP contribution in [0.5, 0.6) is 5.75 Å². The molecule has 2 aromatic rings. The third-order valence-corrected chi connectivity index (χ3v) is 3.20. The SMILES string of the molecule is COc1cccc(NCc2ccc(I)cc2)c1. The lowest BCUT2D eigenvalue weighted by Crippen LogP contribution is -1.99. The summed E-state index contributed by atoms with van der Waals surface area (Å²) in [7, 11) is 1.68. The Morgan fingerprint density at radius 2 is 1.88 bits per heavy atom. The summed E-state index contributed by atoms with van der Waals surface area (Å²) >= 11 is 2.31. The lowest BCUT2D eigenvalue weighted by molar-refractivity contribution is 0.415. The average Bonchev–Trinajstić information content (AvgIpc) is 2.38. The molecule has 0 aliphatic carbocycles. The molecule has 0 aliphatic rings. The Balaban J connectivity index is 1.99. The smallest absolute Gasteiger partial charge is 0.120 e. The number of anilines is 1. The van der Waals surface area contributed by atoms with Crippen LogP contribution in [0.25, 0.3) is 0 Å². The van der Waals surface area contributed by atoms with Crippen molar-refractivity contribution < 1.29 is 4.74 Å². The molecule has 2 aromatic carbocycles. The summed E-state index contributed by atoms with van der Waals surface area (Å²) in [6.07, 6.45) is 0. The number of benzene rings is 2. The lowest BCUT2D eigenvalue weighted by atomic mass is 10.2. The van der Waals surface area contributed by atoms with Gasteiger partial charge in [-0.2, -0.15) is 0 Å². The molecule has 0 bridgehead atoms. The second kappa shape index (κ2) is 5.91. The van der Waals surface area contributed by atoms with Gasteiger partial charge in [0.05, 0.1) is 7.11 Å². The van der Waals surface area contributed by atoms with Crippen LogP contribution in [0.3, 0.4) is 0 Å². The van der Waals surface area contributed by atoms with Gasteiger partial charge >= 0.3 is 0 Å². The van der Waals surface area contributed by atoms with Gasteiger partial charge in [-0.1, -0.05) is 18.2 Å². The molecule has 0 unspecified atom stereocenters. The molecule has 0 aliphatic heterocycles. The van der Waals surface area contributed by atoms with E-state index in [2.05, 4.69) is 52.2 Å². The van der Waals surface area contributed by atoms with E-state index < -0.39 is 0 Å². The minimum Gasteiger partial charge on any atom is -0.497 e. The molecule has 0 atom stereocenters. The van der Waals surface area contributed by atoms with E-state index in [1.54, 1.807) is 7.11 Å². The first kappa shape index (κ1) is 12.2. The fourth-order valence-corrected chi connectivity index (χ4v) is 1.90. The van der Waals surface area contributed by atoms with E-state index in [4.69, 9.17) is 4.74 Å². The maximum atomic E-state index is 5.18. The molecule has 0 amide bonds. The first-order chi connectivity index (χ1) is 8.28. The molecule has 0 heterocycles. The lowest BCUT2D eigenvalue weighted by Gasteiger charge is -2.08. The Morgan fingerprint density at radius 1 is 1.12 bits per heavy atom. The zero-order valence-electron chi connectivity index (χ0n) is 9.61. The fraction of sp³-hybridized carbons (Fsp3) is 0.143. The molecule has 88 valence electrons. The average molecular weight is 339 g/mol. The third kappa shape index (κ3) is 3.63. The fourth-order valence-electron chi connectivity index (χ4n) is 1.54. The van der Waals surface area contributed by atoms with Gasteiger partial charge in [-0.3, -0.25) is 0 Å². The predicted molar refractivity (Wildman–Crippen MR) is 79.5 cm³/mol. The molecule has 0 fully saturated rings. The van der Waals surface area contributed by atoms with Gasteiger partial charge in [-0.25, -0.2) is 0 Å². The molecule has 0 radical (unpaired) electrons. The van der Waals surface area contributed by atoms with E-state index in [0.717, 1.165) is 18.0 Å². The molecule has 3 heteroatoms. The molecule has 17 heavy (non-hydrogen) atoms. The second-order valence-corrected chi connectivity index (χ2v) is 4.96. The van der Waals surface area contributed by atoms with Crippen molar-refractivity contribution in [3.8, 4) is 5.75 Å². The molecule has 0 spiro atoms. The Morgan fingerprint density at radius 3 is 2.59 bits per heavy atom. The quantitative estimate of drug-likeness (QED) is 0.853. The summed E-state index contributed by atoms with van der Waals surface area (Å²) < 4.78 is 6.44. The van der Waals surface area contributed by atoms with Gasteiger partial charge in [-0.05, 0) is 52.4 Å². The summed E-state index contributed by atoms with van der Waals surface area (Å²) in [5.74, 6) is 0.873. The Labute approximate surface area is 115 Å². The van der Waals surface area contributed by atoms with Crippen LogP contribution in [0.2, 0.25) is 0 Å². The maximum absolute atomic E-state index is 5.18. The van der Waals surface area contributed by atoms with Crippen LogP contribution in [-0.4, -0.2) is 7.11 Å². The molecule has 1 N–H and O–H groups in total. The zero-order valence-corrected chi connectivity index (χ0v) is 11.8. The van der Waals surface area contributed by atoms with Crippen LogP contribution in [0.15, 0.2) is 48.5 Å². The molecular weight excluding hydrogens is 325 g/mol. The van der Waals surface area contributed by atoms with Gasteiger partial charge in [0.25, 0.3) is 0 Å². The van der Waals surface area contributed by atoms with Crippen LogP contribution < -0.4 is 10.1 Å². The van der Waals surface area contributed by atoms with Crippen LogP contribution in [0, 0.1) is 3.57 Å². The number of nitrogens with one attached hydrogen (secondary N) is 1. The Bertz CT molecular complexity index is 482. The van der Waals surface area contributed by atoms with Crippen molar-refractivity contribution in [1.82, 2.24) is 0 Å². The summed E-state index contributed by atoms with van der Waals surface area (Å²) in [6.45, 7) is 0.823. The molecule has 2 rings (SSSR count). The van der Waals surface area contributed by atoms with E-state index in [1.165, 1.54) is 9.13 Å². The summed E-state index contributed by atoms with van der Waals surface area (Å²) in [5, 5.41) is 3.37. The maximum Gasteiger partial charge on any atom is 0.120 e. The van der Waals surface area contributed by atoms with Crippen LogP contribution >= 0.6 is 22.6 Å². The number of hydrogen-bond donors (Lipinski definition) is 1. The highest BCUT2D eigenvalue weighted by atomic mass is 127. The summed E-state index contributed by atoms with van der Waals surface area (Å²) in [4.78, 5) is 0. The highest BCUT2D eigenvalue weighted by Gasteiger charge is 1.96. The topological polar surface area (TPSA) is 21.3 Å². The molecule has 2 nitrogen and oxygen atoms in total. The van der Waals surface area contributed by atoms with Crippen molar-refractivity contribution >= 4 is 28.3 Å². The van der Waals surface area contributed by atoms with Gasteiger partial charge in [0.2, 0.25) is 0 Å². The first-order valence-electron chi connectivity index (χ1n) is 5.40. The van der Waals surface area contributed by atoms with E-state index in [-0.39, 0.29) is 0 Å². The summed E-state index contributed by atoms with van der Waals surface area (Å²) in [5.41, 5.74) is 2.34. The minimum atomic E-state index is 0.823. The van der Waals surface area contributed by atoms with Crippen molar-refractivity contribution in [3.05, 3.63) is 57.7 Å². The number of halogens is 1. The van der Waals surface area contributed by atoms with Crippen LogP contribution in [-0.2, 0) is 6.54 Å². The largest absolute Gasteiger partial charge is 0.497 e. The second-order valence-electron chi connectivity index (χ2n) is 3.71. The van der Waals surface area contributed by atoms with Gasteiger partial charge in [0, 0.05) is 21.9 Å². The molecule has 0 saturated carbocycles. The highest BCUT2D eigenvalue weighted by Crippen LogP contribution is 2.17. The van der Waals surface area contributed by atoms with Gasteiger partial charge in [-0.15, -0.1) is 0 Å². The van der Waals surface area contributed by atoms with E-state index >= 15 is 0 Å². The van der Waals surface area contributed by atoms with Crippen LogP contribution in [0.4, 0.5) is 5.69 Å². The van der Waals surface area contributed by atoms with Crippen molar-refractivity contribution in [3.63, 3.8) is 0 Å². The van der Waals surface area contributed by atoms with Crippen molar-refractivity contribution in [2.75, 3.05) is 12.4 Å². The van der Waals surface area contributed by atoms with E-state index in [0.29, 0.717) is 0 Å². The van der Waals surface area contributed by atoms with Crippen molar-refractivity contribution in [1.29, 1.82) is 0 Å². The number of ether oxygens (including phenoxy) is 1. The molecular formula is C14H14INO. The van der Waals surface area contributed by atoms with Crippen molar-refractivity contribution in [2.24, 2.45) is 0 Å². The van der Waals surface area contributed by atoms with Gasteiger partial charge in [0.15, 0.2) is 0 Å². The number of hydrogen-bond acceptors (Lipinski definition) is 2. The van der Waals surface area contributed by atoms with Gasteiger partial charge < -0.3 is 10.1 Å². The Hall–Kier alpha value is -1.23. The number of methoxy groups -OCH3 is 1. The van der Waals surface area contributed by atoms with E-state index in [1.807, 2.05) is 24.3 Å². The first-order valence-corrected chi connectivity index (χ1v) is 6.48. The molecule has 0 saturated heterocycles. The predicted octanol–water partition coefficient (Wildman–Crippen LogP) is 3.91. The van der Waals surface area contributed by atoms with Gasteiger partial charge in [0.1, 0.15) is 5.75 Å². The van der Waals surface area contributed by atoms with Crippen molar-refractivity contribution in [2.45, 2.75) is 6.54 Å². The Kier molecular flexibility index (Phi) is 4.25. The minimum absolute atomic E-state index is 0.823. The normalized spacial score (nSPS) is 10.0. The third-order valence-electron chi connectivity index (χ3n) is 2.48.